The van der Waals surface area contributed by atoms with Crippen LogP contribution in [0.4, 0.5) is 26.3 Å². The van der Waals surface area contributed by atoms with Crippen molar-refractivity contribution in [2.75, 3.05) is 0 Å². The number of benzene rings is 10. The topological polar surface area (TPSA) is 0 Å². The molecule has 0 amide bonds. The van der Waals surface area contributed by atoms with Gasteiger partial charge in [-0.05, 0) is 0 Å². The van der Waals surface area contributed by atoms with E-state index < -0.39 is 23.5 Å². The van der Waals surface area contributed by atoms with Crippen molar-refractivity contribution in [3.05, 3.63) is 193 Å². The van der Waals surface area contributed by atoms with Crippen LogP contribution in [-0.4, -0.2) is 14.5 Å². The molecule has 0 aliphatic rings. The Morgan fingerprint density at radius 2 is 0.623 bits per heavy atom. The Bertz CT molecular complexity index is 3430. The van der Waals surface area contributed by atoms with Gasteiger partial charge >= 0.3 is 340 Å². The molecular formula is C54H30F6Se. The minimum atomic E-state index is -4.43. The monoisotopic (exact) mass is 872 g/mol. The Morgan fingerprint density at radius 1 is 0.295 bits per heavy atom. The molecule has 11 rings (SSSR count). The predicted octanol–water partition coefficient (Wildman–Crippen LogP) is 16.4. The van der Waals surface area contributed by atoms with Crippen LogP contribution in [-0.2, 0) is 12.4 Å². The van der Waals surface area contributed by atoms with Crippen molar-refractivity contribution in [3.8, 4) is 44.5 Å². The van der Waals surface area contributed by atoms with Gasteiger partial charge in [0.1, 0.15) is 0 Å². The molecule has 1 heterocycles. The van der Waals surface area contributed by atoms with Gasteiger partial charge in [-0.3, -0.25) is 0 Å². The van der Waals surface area contributed by atoms with Crippen LogP contribution in [0, 0.1) is 0 Å². The summed E-state index contributed by atoms with van der Waals surface area (Å²) < 4.78 is 84.3. The van der Waals surface area contributed by atoms with Gasteiger partial charge in [-0.1, -0.05) is 0 Å². The quantitative estimate of drug-likeness (QED) is 0.0939. The van der Waals surface area contributed by atoms with Crippen LogP contribution in [0.3, 0.4) is 0 Å². The molecule has 1 aromatic heterocycles. The summed E-state index contributed by atoms with van der Waals surface area (Å²) in [4.78, 5) is 0. The van der Waals surface area contributed by atoms with Gasteiger partial charge < -0.3 is 0 Å². The van der Waals surface area contributed by atoms with E-state index >= 15 is 0 Å². The van der Waals surface area contributed by atoms with Gasteiger partial charge in [0.05, 0.1) is 0 Å². The van der Waals surface area contributed by atoms with E-state index in [9.17, 15) is 26.3 Å². The normalized spacial score (nSPS) is 12.4. The summed E-state index contributed by atoms with van der Waals surface area (Å²) in [5.41, 5.74) is 6.23. The summed E-state index contributed by atoms with van der Waals surface area (Å²) >= 11 is -0.0860. The van der Waals surface area contributed by atoms with Crippen molar-refractivity contribution in [1.82, 2.24) is 0 Å². The molecule has 0 saturated carbocycles. The summed E-state index contributed by atoms with van der Waals surface area (Å²) in [6.45, 7) is 0. The molecule has 0 radical (unpaired) electrons. The molecule has 294 valence electrons. The first-order valence-electron chi connectivity index (χ1n) is 19.7. The van der Waals surface area contributed by atoms with Crippen LogP contribution >= 0.6 is 0 Å². The fourth-order valence-electron chi connectivity index (χ4n) is 9.36. The summed E-state index contributed by atoms with van der Waals surface area (Å²) in [5, 5.41) is 10.2. The first kappa shape index (κ1) is 37.3. The van der Waals surface area contributed by atoms with Crippen LogP contribution in [0.5, 0.6) is 0 Å². The standard InChI is InChI=1S/C54H30F6Se/c55-53(56,57)33-27-23-31(24-28-33)47-35-11-1-5-15-39(35)49(40-16-6-2-12-36(40)47)43-19-10-22-46-51(43)45-21-9-20-44(52(45)61-46)50-41-17-7-3-13-37(41)48(38-14-4-8-18-42(38)50)32-25-29-34(30-26-32)54(58,59)60/h1-30H. The van der Waals surface area contributed by atoms with Crippen LogP contribution in [0.2, 0.25) is 0 Å². The van der Waals surface area contributed by atoms with E-state index in [-0.39, 0.29) is 14.5 Å². The number of halogens is 6. The zero-order valence-corrected chi connectivity index (χ0v) is 33.7. The molecule has 0 atom stereocenters. The van der Waals surface area contributed by atoms with Crippen molar-refractivity contribution < 1.29 is 26.3 Å². The van der Waals surface area contributed by atoms with Crippen LogP contribution < -0.4 is 0 Å². The average molecular weight is 872 g/mol. The molecule has 0 fully saturated rings. The molecule has 0 unspecified atom stereocenters. The molecule has 0 N–H and O–H groups in total. The molecule has 61 heavy (non-hydrogen) atoms. The fourth-order valence-corrected chi connectivity index (χ4v) is 12.0. The summed E-state index contributed by atoms with van der Waals surface area (Å²) in [6.07, 6.45) is -8.87. The number of rotatable bonds is 4. The Labute approximate surface area is 351 Å². The van der Waals surface area contributed by atoms with Crippen molar-refractivity contribution >= 4 is 76.9 Å². The first-order chi connectivity index (χ1) is 29.6. The second kappa shape index (κ2) is 14.0. The van der Waals surface area contributed by atoms with Gasteiger partial charge in [0.2, 0.25) is 0 Å². The number of alkyl halides is 6. The van der Waals surface area contributed by atoms with Crippen molar-refractivity contribution in [2.45, 2.75) is 12.4 Å². The molecule has 0 bridgehead atoms. The van der Waals surface area contributed by atoms with Crippen molar-refractivity contribution in [1.29, 1.82) is 0 Å². The molecule has 0 aliphatic heterocycles. The van der Waals surface area contributed by atoms with E-state index in [4.69, 9.17) is 0 Å². The van der Waals surface area contributed by atoms with E-state index in [1.165, 1.54) is 13.9 Å². The second-order valence-corrected chi connectivity index (χ2v) is 17.5. The maximum absolute atomic E-state index is 13.6. The van der Waals surface area contributed by atoms with Crippen LogP contribution in [0.1, 0.15) is 11.1 Å². The third-order valence-electron chi connectivity index (χ3n) is 11.9. The van der Waals surface area contributed by atoms with E-state index in [1.54, 1.807) is 24.3 Å². The molecule has 0 nitrogen and oxygen atoms in total. The Morgan fingerprint density at radius 3 is 1.02 bits per heavy atom. The number of fused-ring (bicyclic) bond motifs is 7. The SMILES string of the molecule is FC(F)(F)c1ccc(-c2c3ccccc3c(-c3cccc4c3[se]c3cccc(-c5c6ccccc6c(-c6ccc(C(F)(F)F)cc6)c6ccccc56)c34)c3ccccc23)cc1. The third kappa shape index (κ3) is 5.98. The summed E-state index contributed by atoms with van der Waals surface area (Å²) in [5.74, 6) is 0. The van der Waals surface area contributed by atoms with E-state index in [0.717, 1.165) is 112 Å². The molecular weight excluding hydrogens is 842 g/mol. The zero-order valence-electron chi connectivity index (χ0n) is 32.0. The van der Waals surface area contributed by atoms with E-state index in [0.29, 0.717) is 5.56 Å². The Hall–Kier alpha value is -6.66. The Kier molecular flexibility index (Phi) is 8.54. The fraction of sp³-hybridized carbons (Fsp3) is 0.0370. The molecule has 10 aromatic carbocycles. The molecule has 7 heteroatoms. The molecule has 0 aliphatic carbocycles. The van der Waals surface area contributed by atoms with Gasteiger partial charge in [-0.15, -0.1) is 0 Å². The van der Waals surface area contributed by atoms with Crippen molar-refractivity contribution in [2.24, 2.45) is 0 Å². The molecule has 0 spiro atoms. The maximum atomic E-state index is 13.6. The van der Waals surface area contributed by atoms with E-state index in [2.05, 4.69) is 84.9 Å². The second-order valence-electron chi connectivity index (χ2n) is 15.3. The Balaban J connectivity index is 1.17. The summed E-state index contributed by atoms with van der Waals surface area (Å²) in [7, 11) is 0. The van der Waals surface area contributed by atoms with Gasteiger partial charge in [0.15, 0.2) is 0 Å². The predicted molar refractivity (Wildman–Crippen MR) is 240 cm³/mol. The molecule has 11 aromatic rings. The average Bonchev–Trinajstić information content (AvgIpc) is 3.67. The number of hydrogen-bond donors (Lipinski definition) is 0. The zero-order chi connectivity index (χ0) is 41.6. The van der Waals surface area contributed by atoms with Crippen molar-refractivity contribution in [3.63, 3.8) is 0 Å². The molecule has 0 saturated heterocycles. The summed E-state index contributed by atoms with van der Waals surface area (Å²) in [6, 6.07) is 56.6. The van der Waals surface area contributed by atoms with Gasteiger partial charge in [-0.25, -0.2) is 0 Å². The van der Waals surface area contributed by atoms with Gasteiger partial charge in [0, 0.05) is 0 Å². The first-order valence-corrected chi connectivity index (χ1v) is 21.4. The van der Waals surface area contributed by atoms with Crippen LogP contribution in [0.25, 0.3) is 107 Å². The van der Waals surface area contributed by atoms with Gasteiger partial charge in [0.25, 0.3) is 0 Å². The minimum absolute atomic E-state index is 0.0860. The van der Waals surface area contributed by atoms with Crippen LogP contribution in [0.15, 0.2) is 182 Å². The number of hydrogen-bond acceptors (Lipinski definition) is 0. The van der Waals surface area contributed by atoms with E-state index in [1.807, 2.05) is 48.5 Å². The third-order valence-corrected chi connectivity index (χ3v) is 14.5. The van der Waals surface area contributed by atoms with Gasteiger partial charge in [-0.2, -0.15) is 13.2 Å².